The summed E-state index contributed by atoms with van der Waals surface area (Å²) in [5.74, 6) is -0.329. The van der Waals surface area contributed by atoms with Gasteiger partial charge in [-0.15, -0.1) is 0 Å². The number of amides is 2. The van der Waals surface area contributed by atoms with Gasteiger partial charge >= 0.3 is 0 Å². The summed E-state index contributed by atoms with van der Waals surface area (Å²) < 4.78 is 0. The van der Waals surface area contributed by atoms with Crippen molar-refractivity contribution >= 4 is 11.8 Å². The Morgan fingerprint density at radius 3 is 2.47 bits per heavy atom. The summed E-state index contributed by atoms with van der Waals surface area (Å²) in [4.78, 5) is 24.3. The highest BCUT2D eigenvalue weighted by atomic mass is 16.2. The Kier molecular flexibility index (Phi) is 6.42. The van der Waals surface area contributed by atoms with Crippen LogP contribution >= 0.6 is 0 Å². The van der Waals surface area contributed by atoms with Gasteiger partial charge in [-0.3, -0.25) is 9.59 Å². The molecule has 0 aliphatic rings. The molecule has 0 aromatic rings. The van der Waals surface area contributed by atoms with Gasteiger partial charge < -0.3 is 10.2 Å². The number of hydrogen-bond donors (Lipinski definition) is 1. The van der Waals surface area contributed by atoms with Crippen molar-refractivity contribution in [3.05, 3.63) is 12.7 Å². The Labute approximate surface area is 91.3 Å². The van der Waals surface area contributed by atoms with Gasteiger partial charge in [0, 0.05) is 12.6 Å². The molecule has 0 fully saturated rings. The fourth-order valence-corrected chi connectivity index (χ4v) is 1.21. The van der Waals surface area contributed by atoms with E-state index in [-0.39, 0.29) is 24.4 Å². The van der Waals surface area contributed by atoms with Crippen molar-refractivity contribution in [1.82, 2.24) is 10.2 Å². The first kappa shape index (κ1) is 13.7. The Bertz CT molecular complexity index is 237. The maximum Gasteiger partial charge on any atom is 0.246 e. The quantitative estimate of drug-likeness (QED) is 0.666. The smallest absolute Gasteiger partial charge is 0.246 e. The van der Waals surface area contributed by atoms with Gasteiger partial charge in [-0.25, -0.2) is 0 Å². The molecule has 0 bridgehead atoms. The van der Waals surface area contributed by atoms with E-state index in [2.05, 4.69) is 11.9 Å². The second-order valence-corrected chi connectivity index (χ2v) is 3.69. The zero-order chi connectivity index (χ0) is 11.8. The van der Waals surface area contributed by atoms with Crippen molar-refractivity contribution in [3.8, 4) is 0 Å². The monoisotopic (exact) mass is 212 g/mol. The minimum atomic E-state index is -0.198. The lowest BCUT2D eigenvalue weighted by Crippen LogP contribution is -2.42. The van der Waals surface area contributed by atoms with Crippen molar-refractivity contribution in [2.24, 2.45) is 0 Å². The zero-order valence-electron chi connectivity index (χ0n) is 9.75. The number of nitrogens with zero attached hydrogens (tertiary/aromatic N) is 1. The average Bonchev–Trinajstić information content (AvgIpc) is 2.14. The molecule has 0 unspecified atom stereocenters. The van der Waals surface area contributed by atoms with E-state index in [0.717, 1.165) is 6.42 Å². The summed E-state index contributed by atoms with van der Waals surface area (Å²) in [5.41, 5.74) is 0. The van der Waals surface area contributed by atoms with E-state index in [4.69, 9.17) is 0 Å². The number of carbonyl (C=O) groups excluding carboxylic acids is 2. The maximum atomic E-state index is 11.4. The molecule has 15 heavy (non-hydrogen) atoms. The van der Waals surface area contributed by atoms with Crippen LogP contribution in [0.1, 0.15) is 27.2 Å². The highest BCUT2D eigenvalue weighted by molar-refractivity contribution is 5.90. The fourth-order valence-electron chi connectivity index (χ4n) is 1.21. The van der Waals surface area contributed by atoms with E-state index in [1.165, 1.54) is 11.0 Å². The van der Waals surface area contributed by atoms with E-state index in [1.807, 2.05) is 20.8 Å². The summed E-state index contributed by atoms with van der Waals surface area (Å²) in [5, 5.41) is 2.74. The Balaban J connectivity index is 4.21. The summed E-state index contributed by atoms with van der Waals surface area (Å²) >= 11 is 0. The van der Waals surface area contributed by atoms with Gasteiger partial charge in [-0.1, -0.05) is 13.5 Å². The first-order valence-corrected chi connectivity index (χ1v) is 5.22. The Hall–Kier alpha value is -1.32. The molecule has 86 valence electrons. The van der Waals surface area contributed by atoms with E-state index >= 15 is 0 Å². The van der Waals surface area contributed by atoms with Crippen molar-refractivity contribution in [3.63, 3.8) is 0 Å². The van der Waals surface area contributed by atoms with Gasteiger partial charge in [-0.2, -0.15) is 0 Å². The number of rotatable bonds is 6. The third-order valence-corrected chi connectivity index (χ3v) is 1.76. The predicted molar refractivity (Wildman–Crippen MR) is 60.3 cm³/mol. The molecule has 0 aliphatic carbocycles. The SMILES string of the molecule is C=CC(=O)N(CCC)CC(=O)NC(C)C. The van der Waals surface area contributed by atoms with Crippen LogP contribution in [0.25, 0.3) is 0 Å². The van der Waals surface area contributed by atoms with E-state index < -0.39 is 0 Å². The molecule has 0 aliphatic heterocycles. The van der Waals surface area contributed by atoms with Crippen LogP contribution in [-0.4, -0.2) is 35.8 Å². The molecule has 0 radical (unpaired) electrons. The van der Waals surface area contributed by atoms with Gasteiger partial charge in [0.2, 0.25) is 11.8 Å². The lowest BCUT2D eigenvalue weighted by molar-refractivity contribution is -0.132. The van der Waals surface area contributed by atoms with Crippen molar-refractivity contribution in [1.29, 1.82) is 0 Å². The molecule has 0 rings (SSSR count). The first-order valence-electron chi connectivity index (χ1n) is 5.22. The summed E-state index contributed by atoms with van der Waals surface area (Å²) in [6.45, 7) is 9.83. The van der Waals surface area contributed by atoms with Crippen LogP contribution in [-0.2, 0) is 9.59 Å². The predicted octanol–water partition coefficient (Wildman–Crippen LogP) is 0.936. The molecule has 4 nitrogen and oxygen atoms in total. The molecular formula is C11H20N2O2. The molecule has 0 saturated heterocycles. The van der Waals surface area contributed by atoms with Crippen LogP contribution in [0, 0.1) is 0 Å². The minimum absolute atomic E-state index is 0.0970. The molecular weight excluding hydrogens is 192 g/mol. The van der Waals surface area contributed by atoms with Crippen molar-refractivity contribution in [2.75, 3.05) is 13.1 Å². The molecule has 0 aromatic heterocycles. The average molecular weight is 212 g/mol. The molecule has 0 aromatic carbocycles. The second kappa shape index (κ2) is 7.04. The third-order valence-electron chi connectivity index (χ3n) is 1.76. The summed E-state index contributed by atoms with van der Waals surface area (Å²) in [6.07, 6.45) is 2.06. The largest absolute Gasteiger partial charge is 0.352 e. The van der Waals surface area contributed by atoms with Crippen LogP contribution < -0.4 is 5.32 Å². The summed E-state index contributed by atoms with van der Waals surface area (Å²) in [6, 6.07) is 0.0970. The van der Waals surface area contributed by atoms with Crippen LogP contribution in [0.15, 0.2) is 12.7 Å². The van der Waals surface area contributed by atoms with Gasteiger partial charge in [0.25, 0.3) is 0 Å². The van der Waals surface area contributed by atoms with Crippen LogP contribution in [0.4, 0.5) is 0 Å². The highest BCUT2D eigenvalue weighted by Gasteiger charge is 2.13. The van der Waals surface area contributed by atoms with Gasteiger partial charge in [-0.05, 0) is 26.3 Å². The van der Waals surface area contributed by atoms with Crippen molar-refractivity contribution < 1.29 is 9.59 Å². The van der Waals surface area contributed by atoms with E-state index in [0.29, 0.717) is 6.54 Å². The molecule has 0 spiro atoms. The second-order valence-electron chi connectivity index (χ2n) is 3.69. The van der Waals surface area contributed by atoms with Gasteiger partial charge in [0.05, 0.1) is 6.54 Å². The Morgan fingerprint density at radius 1 is 1.47 bits per heavy atom. The van der Waals surface area contributed by atoms with E-state index in [9.17, 15) is 9.59 Å². The minimum Gasteiger partial charge on any atom is -0.352 e. The number of nitrogens with one attached hydrogen (secondary N) is 1. The zero-order valence-corrected chi connectivity index (χ0v) is 9.75. The third kappa shape index (κ3) is 5.88. The lowest BCUT2D eigenvalue weighted by atomic mass is 10.3. The lowest BCUT2D eigenvalue weighted by Gasteiger charge is -2.20. The molecule has 2 amide bonds. The number of carbonyl (C=O) groups is 2. The number of hydrogen-bond acceptors (Lipinski definition) is 2. The molecule has 0 saturated carbocycles. The first-order chi connectivity index (χ1) is 7.01. The van der Waals surface area contributed by atoms with E-state index in [1.54, 1.807) is 0 Å². The normalized spacial score (nSPS) is 9.87. The highest BCUT2D eigenvalue weighted by Crippen LogP contribution is 1.94. The molecule has 4 heteroatoms. The van der Waals surface area contributed by atoms with Crippen molar-refractivity contribution in [2.45, 2.75) is 33.2 Å². The molecule has 0 heterocycles. The molecule has 0 atom stereocenters. The topological polar surface area (TPSA) is 49.4 Å². The van der Waals surface area contributed by atoms with Gasteiger partial charge in [0.1, 0.15) is 0 Å². The Morgan fingerprint density at radius 2 is 2.07 bits per heavy atom. The standard InChI is InChI=1S/C11H20N2O2/c1-5-7-13(11(15)6-2)8-10(14)12-9(3)4/h6,9H,2,5,7-8H2,1,3-4H3,(H,12,14). The fraction of sp³-hybridized carbons (Fsp3) is 0.636. The summed E-state index contributed by atoms with van der Waals surface area (Å²) in [7, 11) is 0. The maximum absolute atomic E-state index is 11.4. The van der Waals surface area contributed by atoms with Crippen LogP contribution in [0.5, 0.6) is 0 Å². The molecule has 1 N–H and O–H groups in total. The van der Waals surface area contributed by atoms with Gasteiger partial charge in [0.15, 0.2) is 0 Å². The van der Waals surface area contributed by atoms with Crippen LogP contribution in [0.2, 0.25) is 0 Å². The van der Waals surface area contributed by atoms with Crippen LogP contribution in [0.3, 0.4) is 0 Å².